The van der Waals surface area contributed by atoms with E-state index in [2.05, 4.69) is 5.32 Å². The van der Waals surface area contributed by atoms with E-state index in [1.54, 1.807) is 24.2 Å². The van der Waals surface area contributed by atoms with E-state index < -0.39 is 0 Å². The SMILES string of the molecule is CC(=O)N(CCC(=O)NCc1ccco1)C1CC1. The van der Waals surface area contributed by atoms with Gasteiger partial charge in [0, 0.05) is 25.9 Å². The highest BCUT2D eigenvalue weighted by atomic mass is 16.3. The molecule has 1 N–H and O–H groups in total. The van der Waals surface area contributed by atoms with Crippen LogP contribution in [0.2, 0.25) is 0 Å². The standard InChI is InChI=1S/C13H18N2O3/c1-10(16)15(11-4-5-11)7-6-13(17)14-9-12-3-2-8-18-12/h2-3,8,11H,4-7,9H2,1H3,(H,14,17). The normalized spacial score (nSPS) is 14.3. The number of hydrogen-bond acceptors (Lipinski definition) is 3. The van der Waals surface area contributed by atoms with Gasteiger partial charge in [0.15, 0.2) is 0 Å². The van der Waals surface area contributed by atoms with Crippen molar-refractivity contribution >= 4 is 11.8 Å². The summed E-state index contributed by atoms with van der Waals surface area (Å²) in [6.07, 6.45) is 4.05. The number of nitrogens with zero attached hydrogens (tertiary/aromatic N) is 1. The minimum absolute atomic E-state index is 0.0522. The molecule has 1 aromatic rings. The molecular weight excluding hydrogens is 232 g/mol. The Balaban J connectivity index is 1.69. The maximum absolute atomic E-state index is 11.6. The first-order chi connectivity index (χ1) is 8.66. The lowest BCUT2D eigenvalue weighted by Gasteiger charge is -2.19. The van der Waals surface area contributed by atoms with Crippen LogP contribution in [0.4, 0.5) is 0 Å². The van der Waals surface area contributed by atoms with Crippen molar-refractivity contribution < 1.29 is 14.0 Å². The van der Waals surface area contributed by atoms with Gasteiger partial charge in [0.25, 0.3) is 0 Å². The largest absolute Gasteiger partial charge is 0.467 e. The number of nitrogens with one attached hydrogen (secondary N) is 1. The maximum Gasteiger partial charge on any atom is 0.222 e. The maximum atomic E-state index is 11.6. The van der Waals surface area contributed by atoms with E-state index in [0.717, 1.165) is 18.6 Å². The van der Waals surface area contributed by atoms with Crippen LogP contribution in [0, 0.1) is 0 Å². The van der Waals surface area contributed by atoms with Crippen LogP contribution in [0.25, 0.3) is 0 Å². The fourth-order valence-corrected chi connectivity index (χ4v) is 1.89. The molecule has 1 aromatic heterocycles. The van der Waals surface area contributed by atoms with Gasteiger partial charge in [-0.3, -0.25) is 9.59 Å². The minimum Gasteiger partial charge on any atom is -0.467 e. The first-order valence-electron chi connectivity index (χ1n) is 6.23. The fraction of sp³-hybridized carbons (Fsp3) is 0.538. The Morgan fingerprint density at radius 2 is 2.28 bits per heavy atom. The van der Waals surface area contributed by atoms with Crippen LogP contribution in [0.5, 0.6) is 0 Å². The zero-order chi connectivity index (χ0) is 13.0. The number of carbonyl (C=O) groups is 2. The Kier molecular flexibility index (Phi) is 4.02. The van der Waals surface area contributed by atoms with Crippen molar-refractivity contribution in [2.24, 2.45) is 0 Å². The minimum atomic E-state index is -0.0571. The van der Waals surface area contributed by atoms with Gasteiger partial charge in [-0.15, -0.1) is 0 Å². The van der Waals surface area contributed by atoms with Gasteiger partial charge < -0.3 is 14.6 Å². The summed E-state index contributed by atoms with van der Waals surface area (Å²) in [5, 5.41) is 2.77. The molecule has 0 aliphatic heterocycles. The molecule has 0 aromatic carbocycles. The van der Waals surface area contributed by atoms with Crippen LogP contribution in [-0.2, 0) is 16.1 Å². The molecule has 0 bridgehead atoms. The van der Waals surface area contributed by atoms with Gasteiger partial charge in [-0.2, -0.15) is 0 Å². The number of amides is 2. The lowest BCUT2D eigenvalue weighted by Crippen LogP contribution is -2.35. The fourth-order valence-electron chi connectivity index (χ4n) is 1.89. The topological polar surface area (TPSA) is 62.6 Å². The Morgan fingerprint density at radius 3 is 2.83 bits per heavy atom. The molecule has 1 fully saturated rings. The summed E-state index contributed by atoms with van der Waals surface area (Å²) in [7, 11) is 0. The third kappa shape index (κ3) is 3.61. The van der Waals surface area contributed by atoms with Gasteiger partial charge in [0.05, 0.1) is 12.8 Å². The molecular formula is C13H18N2O3. The second-order valence-corrected chi connectivity index (χ2v) is 4.55. The van der Waals surface area contributed by atoms with E-state index in [1.165, 1.54) is 0 Å². The molecule has 0 spiro atoms. The van der Waals surface area contributed by atoms with Crippen molar-refractivity contribution in [3.05, 3.63) is 24.2 Å². The summed E-state index contributed by atoms with van der Waals surface area (Å²) < 4.78 is 5.12. The molecule has 98 valence electrons. The van der Waals surface area contributed by atoms with Crippen LogP contribution in [0.15, 0.2) is 22.8 Å². The van der Waals surface area contributed by atoms with Crippen molar-refractivity contribution in [3.8, 4) is 0 Å². The predicted octanol–water partition coefficient (Wildman–Crippen LogP) is 1.30. The van der Waals surface area contributed by atoms with Crippen LogP contribution in [0.1, 0.15) is 31.9 Å². The van der Waals surface area contributed by atoms with Gasteiger partial charge >= 0.3 is 0 Å². The molecule has 2 amide bonds. The molecule has 5 nitrogen and oxygen atoms in total. The van der Waals surface area contributed by atoms with E-state index in [1.807, 2.05) is 6.07 Å². The summed E-state index contributed by atoms with van der Waals surface area (Å²) in [4.78, 5) is 24.8. The van der Waals surface area contributed by atoms with Crippen LogP contribution in [-0.4, -0.2) is 29.3 Å². The number of furan rings is 1. The molecule has 0 saturated heterocycles. The second kappa shape index (κ2) is 5.71. The van der Waals surface area contributed by atoms with Crippen molar-refractivity contribution in [2.75, 3.05) is 6.54 Å². The highest BCUT2D eigenvalue weighted by Crippen LogP contribution is 2.26. The molecule has 0 radical (unpaired) electrons. The smallest absolute Gasteiger partial charge is 0.222 e. The Labute approximate surface area is 106 Å². The van der Waals surface area contributed by atoms with E-state index in [0.29, 0.717) is 25.6 Å². The summed E-state index contributed by atoms with van der Waals surface area (Å²) >= 11 is 0. The van der Waals surface area contributed by atoms with Crippen molar-refractivity contribution in [3.63, 3.8) is 0 Å². The highest BCUT2D eigenvalue weighted by molar-refractivity contribution is 5.78. The highest BCUT2D eigenvalue weighted by Gasteiger charge is 2.30. The number of hydrogen-bond donors (Lipinski definition) is 1. The molecule has 1 aliphatic carbocycles. The monoisotopic (exact) mass is 250 g/mol. The van der Waals surface area contributed by atoms with Gasteiger partial charge in [0.1, 0.15) is 5.76 Å². The molecule has 1 saturated carbocycles. The first-order valence-corrected chi connectivity index (χ1v) is 6.23. The molecule has 0 atom stereocenters. The summed E-state index contributed by atoms with van der Waals surface area (Å²) in [5.74, 6) is 0.726. The van der Waals surface area contributed by atoms with Crippen LogP contribution >= 0.6 is 0 Å². The molecule has 5 heteroatoms. The predicted molar refractivity (Wildman–Crippen MR) is 65.6 cm³/mol. The second-order valence-electron chi connectivity index (χ2n) is 4.55. The van der Waals surface area contributed by atoms with Gasteiger partial charge in [-0.05, 0) is 25.0 Å². The van der Waals surface area contributed by atoms with Gasteiger partial charge in [-0.1, -0.05) is 0 Å². The zero-order valence-electron chi connectivity index (χ0n) is 10.5. The molecule has 18 heavy (non-hydrogen) atoms. The molecule has 2 rings (SSSR count). The molecule has 1 heterocycles. The van der Waals surface area contributed by atoms with Crippen molar-refractivity contribution in [1.82, 2.24) is 10.2 Å². The third-order valence-electron chi connectivity index (χ3n) is 3.01. The Hall–Kier alpha value is -1.78. The molecule has 0 unspecified atom stereocenters. The van der Waals surface area contributed by atoms with Gasteiger partial charge in [0.2, 0.25) is 11.8 Å². The Morgan fingerprint density at radius 1 is 1.50 bits per heavy atom. The summed E-state index contributed by atoms with van der Waals surface area (Å²) in [6, 6.07) is 3.96. The first kappa shape index (κ1) is 12.7. The van der Waals surface area contributed by atoms with E-state index in [9.17, 15) is 9.59 Å². The average molecular weight is 250 g/mol. The van der Waals surface area contributed by atoms with Crippen molar-refractivity contribution in [1.29, 1.82) is 0 Å². The quantitative estimate of drug-likeness (QED) is 0.827. The molecule has 1 aliphatic rings. The number of rotatable bonds is 6. The van der Waals surface area contributed by atoms with Gasteiger partial charge in [-0.25, -0.2) is 0 Å². The average Bonchev–Trinajstić information content (AvgIpc) is 3.02. The van der Waals surface area contributed by atoms with E-state index in [4.69, 9.17) is 4.42 Å². The van der Waals surface area contributed by atoms with E-state index >= 15 is 0 Å². The number of carbonyl (C=O) groups excluding carboxylic acids is 2. The van der Waals surface area contributed by atoms with Crippen molar-refractivity contribution in [2.45, 2.75) is 38.8 Å². The summed E-state index contributed by atoms with van der Waals surface area (Å²) in [6.45, 7) is 2.46. The Bertz CT molecular complexity index is 410. The van der Waals surface area contributed by atoms with E-state index in [-0.39, 0.29) is 11.8 Å². The summed E-state index contributed by atoms with van der Waals surface area (Å²) in [5.41, 5.74) is 0. The van der Waals surface area contributed by atoms with Crippen LogP contribution in [0.3, 0.4) is 0 Å². The lowest BCUT2D eigenvalue weighted by atomic mass is 10.3. The third-order valence-corrected chi connectivity index (χ3v) is 3.01. The zero-order valence-corrected chi connectivity index (χ0v) is 10.5. The van der Waals surface area contributed by atoms with Crippen LogP contribution < -0.4 is 5.32 Å². The lowest BCUT2D eigenvalue weighted by molar-refractivity contribution is -0.130.